The molecule has 0 saturated carbocycles. The molecule has 8 N–H and O–H groups in total. The first kappa shape index (κ1) is 78.7. The predicted molar refractivity (Wildman–Crippen MR) is 353 cm³/mol. The van der Waals surface area contributed by atoms with E-state index in [-0.39, 0.29) is 17.5 Å². The van der Waals surface area contributed by atoms with Gasteiger partial charge in [0.1, 0.15) is 5.82 Å². The number of likely N-dealkylation sites (tertiary alicyclic amines) is 3. The SMILES string of the molecule is CC(C)NCCN1CCC(O)CC1.CC(C)NCCN1CCC1.CC(C)NCCN1CCCC1.CC(C)NCCn1ccc(C(C)(F)F)c1.CC(C)NCc1ccc(C#N)cc1.CC(C)NCc1ccc(F)cc1.CC(C)NCc1cccnc1. The van der Waals surface area contributed by atoms with E-state index in [0.717, 1.165) is 90.8 Å². The quantitative estimate of drug-likeness (QED) is 0.0301. The van der Waals surface area contributed by atoms with Crippen LogP contribution in [0.1, 0.15) is 164 Å². The largest absolute Gasteiger partial charge is 0.393 e. The van der Waals surface area contributed by atoms with E-state index in [9.17, 15) is 18.3 Å². The molecule has 3 aliphatic heterocycles. The zero-order valence-electron chi connectivity index (χ0n) is 55.6. The zero-order valence-corrected chi connectivity index (χ0v) is 55.6. The van der Waals surface area contributed by atoms with E-state index in [1.54, 1.807) is 29.1 Å². The van der Waals surface area contributed by atoms with E-state index in [2.05, 4.69) is 166 Å². The highest BCUT2D eigenvalue weighted by atomic mass is 19.3. The van der Waals surface area contributed by atoms with Gasteiger partial charge in [-0.3, -0.25) is 4.98 Å². The van der Waals surface area contributed by atoms with Crippen molar-refractivity contribution in [1.29, 1.82) is 5.26 Å². The number of nitriles is 1. The summed E-state index contributed by atoms with van der Waals surface area (Å²) in [5, 5.41) is 41.2. The number of pyridine rings is 1. The van der Waals surface area contributed by atoms with Crippen molar-refractivity contribution in [3.05, 3.63) is 125 Å². The Morgan fingerprint density at radius 1 is 0.529 bits per heavy atom. The van der Waals surface area contributed by atoms with Gasteiger partial charge < -0.3 is 61.6 Å². The molecule has 0 atom stereocenters. The van der Waals surface area contributed by atoms with Gasteiger partial charge in [-0.25, -0.2) is 13.2 Å². The number of rotatable bonds is 26. The van der Waals surface area contributed by atoms with Crippen molar-refractivity contribution in [2.75, 3.05) is 85.1 Å². The van der Waals surface area contributed by atoms with Crippen LogP contribution in [0.5, 0.6) is 0 Å². The Labute approximate surface area is 515 Å². The third-order valence-electron chi connectivity index (χ3n) is 13.7. The molecule has 7 rings (SSSR count). The molecule has 484 valence electrons. The smallest absolute Gasteiger partial charge is 0.271 e. The van der Waals surface area contributed by atoms with Gasteiger partial charge in [0.25, 0.3) is 5.92 Å². The molecule has 14 nitrogen and oxygen atoms in total. The number of aliphatic hydroxyl groups is 1. The van der Waals surface area contributed by atoms with Crippen molar-refractivity contribution in [1.82, 2.24) is 61.5 Å². The predicted octanol–water partition coefficient (Wildman–Crippen LogP) is 10.8. The summed E-state index contributed by atoms with van der Waals surface area (Å²) in [5.41, 5.74) is 4.36. The molecule has 85 heavy (non-hydrogen) atoms. The van der Waals surface area contributed by atoms with Crippen LogP contribution in [0, 0.1) is 17.1 Å². The molecule has 0 aliphatic carbocycles. The zero-order chi connectivity index (χ0) is 63.4. The Balaban J connectivity index is 0.000000497. The normalized spacial score (nSPS) is 14.7. The van der Waals surface area contributed by atoms with Gasteiger partial charge in [0.05, 0.1) is 17.7 Å². The van der Waals surface area contributed by atoms with E-state index in [1.807, 2.05) is 36.5 Å². The highest BCUT2D eigenvalue weighted by Gasteiger charge is 2.25. The monoisotopic (exact) mass is 1190 g/mol. The van der Waals surface area contributed by atoms with Crippen LogP contribution in [0.15, 0.2) is 91.5 Å². The Hall–Kier alpha value is -4.29. The van der Waals surface area contributed by atoms with Gasteiger partial charge in [0.2, 0.25) is 0 Å². The maximum atomic E-state index is 12.9. The number of hydrogen-bond acceptors (Lipinski definition) is 13. The number of aliphatic hydroxyl groups excluding tert-OH is 1. The first-order valence-electron chi connectivity index (χ1n) is 32.0. The van der Waals surface area contributed by atoms with Crippen LogP contribution in [0.4, 0.5) is 13.2 Å². The fraction of sp³-hybridized carbons (Fsp3) is 0.676. The molecular formula is C68H120F3N13O. The standard InChI is InChI=1S/C11H18F2N2.C11H14N2.C10H14FN.C10H22N2O.C9H20N2.C9H14N2.C8H18N2/c1-9(2)14-5-7-15-6-4-10(8-15)11(3,12)13;1-9(2)13-8-11-5-3-10(7-12)4-6-11;1-8(2)12-7-9-3-5-10(11)6-4-9;1-9(2)11-5-8-12-6-3-10(13)4-7-12;1-9(2)10-5-8-11-6-3-4-7-11;1-8(2)11-7-9-4-3-5-10-6-9;1-8(2)9-4-7-10-5-3-6-10/h4,6,8-9,14H,5,7H2,1-3H3;3-6,9,13H,8H2,1-2H3;3-6,8,12H,7H2,1-2H3;9-11,13H,3-8H2,1-2H3;9-10H,3-8H2,1-2H3;3-6,8,11H,7H2,1-2H3;8-9H,3-7H2,1-2H3. The lowest BCUT2D eigenvalue weighted by Gasteiger charge is -2.30. The average Bonchev–Trinajstić information content (AvgIpc) is 4.34. The minimum absolute atomic E-state index is 0.0469. The molecule has 3 aliphatic rings. The summed E-state index contributed by atoms with van der Waals surface area (Å²) in [4.78, 5) is 11.5. The Morgan fingerprint density at radius 2 is 0.918 bits per heavy atom. The average molecular weight is 1190 g/mol. The van der Waals surface area contributed by atoms with E-state index < -0.39 is 5.92 Å². The summed E-state index contributed by atoms with van der Waals surface area (Å²) in [7, 11) is 0. The summed E-state index contributed by atoms with van der Waals surface area (Å²) in [6.07, 6.45) is 12.9. The molecule has 0 amide bonds. The molecule has 0 bridgehead atoms. The lowest BCUT2D eigenvalue weighted by Crippen LogP contribution is -2.42. The van der Waals surface area contributed by atoms with Gasteiger partial charge >= 0.3 is 0 Å². The number of alkyl halides is 2. The molecule has 5 heterocycles. The first-order chi connectivity index (χ1) is 40.3. The van der Waals surface area contributed by atoms with Gasteiger partial charge in [0.15, 0.2) is 0 Å². The molecule has 4 aromatic rings. The lowest BCUT2D eigenvalue weighted by molar-refractivity contribution is 0.0174. The molecule has 0 spiro atoms. The van der Waals surface area contributed by atoms with Crippen LogP contribution >= 0.6 is 0 Å². The third kappa shape index (κ3) is 45.6. The maximum absolute atomic E-state index is 12.9. The van der Waals surface area contributed by atoms with Crippen molar-refractivity contribution >= 4 is 0 Å². The molecule has 17 heteroatoms. The highest BCUT2D eigenvalue weighted by molar-refractivity contribution is 5.31. The minimum Gasteiger partial charge on any atom is -0.393 e. The maximum Gasteiger partial charge on any atom is 0.271 e. The van der Waals surface area contributed by atoms with Gasteiger partial charge in [-0.2, -0.15) is 5.26 Å². The lowest BCUT2D eigenvalue weighted by atomic mass is 10.1. The second-order valence-corrected chi connectivity index (χ2v) is 24.7. The van der Waals surface area contributed by atoms with Crippen LogP contribution in [-0.4, -0.2) is 163 Å². The van der Waals surface area contributed by atoms with Gasteiger partial charge in [-0.05, 0) is 111 Å². The van der Waals surface area contributed by atoms with Crippen LogP contribution < -0.4 is 37.2 Å². The van der Waals surface area contributed by atoms with Gasteiger partial charge in [-0.1, -0.05) is 127 Å². The third-order valence-corrected chi connectivity index (χ3v) is 13.7. The van der Waals surface area contributed by atoms with E-state index in [1.165, 1.54) is 94.1 Å². The van der Waals surface area contributed by atoms with Crippen LogP contribution in [0.3, 0.4) is 0 Å². The van der Waals surface area contributed by atoms with Crippen LogP contribution in [0.2, 0.25) is 0 Å². The van der Waals surface area contributed by atoms with Crippen LogP contribution in [-0.2, 0) is 32.1 Å². The van der Waals surface area contributed by atoms with Crippen molar-refractivity contribution in [2.45, 2.75) is 216 Å². The van der Waals surface area contributed by atoms with Gasteiger partial charge in [0, 0.05) is 165 Å². The number of nitrogens with one attached hydrogen (secondary N) is 7. The molecule has 0 radical (unpaired) electrons. The highest BCUT2D eigenvalue weighted by Crippen LogP contribution is 2.26. The van der Waals surface area contributed by atoms with Crippen molar-refractivity contribution < 1.29 is 18.3 Å². The fourth-order valence-corrected chi connectivity index (χ4v) is 8.38. The van der Waals surface area contributed by atoms with E-state index in [4.69, 9.17) is 5.26 Å². The summed E-state index contributed by atoms with van der Waals surface area (Å²) in [6.45, 7) is 49.2. The minimum atomic E-state index is -2.74. The van der Waals surface area contributed by atoms with Gasteiger partial charge in [-0.15, -0.1) is 0 Å². The molecule has 3 fully saturated rings. The first-order valence-corrected chi connectivity index (χ1v) is 32.0. The molecule has 3 saturated heterocycles. The number of piperidine rings is 1. The Bertz CT molecular complexity index is 2180. The Morgan fingerprint density at radius 3 is 1.27 bits per heavy atom. The van der Waals surface area contributed by atoms with Crippen LogP contribution in [0.25, 0.3) is 0 Å². The summed E-state index contributed by atoms with van der Waals surface area (Å²) in [5.74, 6) is -2.92. The summed E-state index contributed by atoms with van der Waals surface area (Å²) >= 11 is 0. The molecular weight excluding hydrogens is 1070 g/mol. The number of benzene rings is 2. The van der Waals surface area contributed by atoms with Crippen molar-refractivity contribution in [3.8, 4) is 6.07 Å². The molecule has 0 unspecified atom stereocenters. The summed E-state index contributed by atoms with van der Waals surface area (Å²) < 4.78 is 40.0. The Kier molecular flexibility index (Phi) is 44.2. The van der Waals surface area contributed by atoms with Crippen molar-refractivity contribution in [2.24, 2.45) is 0 Å². The number of halogens is 3. The summed E-state index contributed by atoms with van der Waals surface area (Å²) in [6, 6.07) is 25.6. The molecule has 2 aromatic carbocycles. The number of hydrogen-bond donors (Lipinski definition) is 8. The van der Waals surface area contributed by atoms with E-state index in [0.29, 0.717) is 54.4 Å². The topological polar surface area (TPSA) is 156 Å². The van der Waals surface area contributed by atoms with E-state index >= 15 is 0 Å². The van der Waals surface area contributed by atoms with Crippen molar-refractivity contribution in [3.63, 3.8) is 0 Å². The number of aromatic nitrogens is 2. The second-order valence-electron chi connectivity index (χ2n) is 24.7. The molecule has 2 aromatic heterocycles. The second kappa shape index (κ2) is 47.7. The number of nitrogens with zero attached hydrogens (tertiary/aromatic N) is 6. The fourth-order valence-electron chi connectivity index (χ4n) is 8.38.